The molecule has 0 saturated carbocycles. The molecule has 0 saturated heterocycles. The molecule has 1 aromatic heterocycles. The number of amides is 1. The standard InChI is InChI=1S/C21H16FN3O4S/c22-14-4-2-1-3-12(14)9-30-21-24-19-18(20(27)25-21)13(8-17(26)23-19)11-5-6-15-16(7-11)29-10-28-15/h1-7,13H,8-10H2,(H2,23,24,25,26,27)/t13-/m0/s1. The van der Waals surface area contributed by atoms with E-state index in [0.717, 1.165) is 5.56 Å². The molecular weight excluding hydrogens is 409 g/mol. The van der Waals surface area contributed by atoms with Gasteiger partial charge in [0.15, 0.2) is 16.7 Å². The van der Waals surface area contributed by atoms with Gasteiger partial charge in [0.25, 0.3) is 5.56 Å². The maximum absolute atomic E-state index is 13.8. The van der Waals surface area contributed by atoms with Crippen LogP contribution in [-0.4, -0.2) is 22.7 Å². The fourth-order valence-corrected chi connectivity index (χ4v) is 4.44. The average molecular weight is 425 g/mol. The Bertz CT molecular complexity index is 1210. The lowest BCUT2D eigenvalue weighted by Crippen LogP contribution is -2.31. The van der Waals surface area contributed by atoms with E-state index in [9.17, 15) is 14.0 Å². The number of aromatic nitrogens is 2. The Balaban J connectivity index is 1.47. The Kier molecular flexibility index (Phi) is 4.66. The fraction of sp³-hybridized carbons (Fsp3) is 0.190. The highest BCUT2D eigenvalue weighted by molar-refractivity contribution is 7.98. The van der Waals surface area contributed by atoms with E-state index in [2.05, 4.69) is 15.3 Å². The molecule has 0 spiro atoms. The Morgan fingerprint density at radius 3 is 2.83 bits per heavy atom. The highest BCUT2D eigenvalue weighted by Gasteiger charge is 2.32. The maximum atomic E-state index is 13.8. The number of ether oxygens (including phenoxy) is 2. The molecule has 7 nitrogen and oxygen atoms in total. The van der Waals surface area contributed by atoms with Crippen molar-refractivity contribution in [3.8, 4) is 11.5 Å². The van der Waals surface area contributed by atoms with Crippen molar-refractivity contribution in [1.82, 2.24) is 9.97 Å². The summed E-state index contributed by atoms with van der Waals surface area (Å²) >= 11 is 1.19. The summed E-state index contributed by atoms with van der Waals surface area (Å²) in [5, 5.41) is 3.00. The third-order valence-corrected chi connectivity index (χ3v) is 5.97. The zero-order valence-corrected chi connectivity index (χ0v) is 16.4. The van der Waals surface area contributed by atoms with Crippen LogP contribution in [0, 0.1) is 5.82 Å². The summed E-state index contributed by atoms with van der Waals surface area (Å²) < 4.78 is 24.6. The first-order valence-corrected chi connectivity index (χ1v) is 10.3. The molecule has 2 aliphatic heterocycles. The van der Waals surface area contributed by atoms with Crippen molar-refractivity contribution in [3.63, 3.8) is 0 Å². The number of rotatable bonds is 4. The first-order chi connectivity index (χ1) is 14.6. The summed E-state index contributed by atoms with van der Waals surface area (Å²) in [6.07, 6.45) is 0.124. The molecular formula is C21H16FN3O4S. The van der Waals surface area contributed by atoms with Crippen LogP contribution in [0.5, 0.6) is 11.5 Å². The van der Waals surface area contributed by atoms with Crippen molar-refractivity contribution in [2.24, 2.45) is 0 Å². The van der Waals surface area contributed by atoms with Gasteiger partial charge >= 0.3 is 0 Å². The summed E-state index contributed by atoms with van der Waals surface area (Å²) in [5.41, 5.74) is 1.34. The molecule has 2 N–H and O–H groups in total. The van der Waals surface area contributed by atoms with Crippen molar-refractivity contribution >= 4 is 23.5 Å². The summed E-state index contributed by atoms with van der Waals surface area (Å²) in [4.78, 5) is 32.4. The minimum atomic E-state index is -0.454. The van der Waals surface area contributed by atoms with Gasteiger partial charge in [0, 0.05) is 18.1 Å². The number of H-pyrrole nitrogens is 1. The van der Waals surface area contributed by atoms with Gasteiger partial charge in [-0.05, 0) is 29.3 Å². The highest BCUT2D eigenvalue weighted by Crippen LogP contribution is 2.40. The molecule has 1 atom stereocenters. The number of carbonyl (C=O) groups is 1. The zero-order valence-electron chi connectivity index (χ0n) is 15.6. The number of hydrogen-bond acceptors (Lipinski definition) is 6. The second kappa shape index (κ2) is 7.49. The first kappa shape index (κ1) is 18.7. The van der Waals surface area contributed by atoms with Crippen LogP contribution in [0.4, 0.5) is 10.2 Å². The van der Waals surface area contributed by atoms with E-state index in [4.69, 9.17) is 9.47 Å². The summed E-state index contributed by atoms with van der Waals surface area (Å²) in [5.74, 6) is 0.745. The lowest BCUT2D eigenvalue weighted by Gasteiger charge is -2.24. The first-order valence-electron chi connectivity index (χ1n) is 9.28. The molecule has 1 amide bonds. The van der Waals surface area contributed by atoms with Crippen molar-refractivity contribution in [2.75, 3.05) is 12.1 Å². The lowest BCUT2D eigenvalue weighted by atomic mass is 9.86. The molecule has 30 heavy (non-hydrogen) atoms. The number of thioether (sulfide) groups is 1. The molecule has 0 bridgehead atoms. The van der Waals surface area contributed by atoms with Gasteiger partial charge in [-0.15, -0.1) is 0 Å². The van der Waals surface area contributed by atoms with Gasteiger partial charge in [0.2, 0.25) is 12.7 Å². The summed E-state index contributed by atoms with van der Waals surface area (Å²) in [7, 11) is 0. The van der Waals surface area contributed by atoms with Gasteiger partial charge in [0.1, 0.15) is 11.6 Å². The van der Waals surface area contributed by atoms with Gasteiger partial charge in [-0.2, -0.15) is 0 Å². The van der Waals surface area contributed by atoms with Gasteiger partial charge in [0.05, 0.1) is 5.56 Å². The van der Waals surface area contributed by atoms with Crippen LogP contribution in [0.2, 0.25) is 0 Å². The molecule has 9 heteroatoms. The number of aromatic amines is 1. The SMILES string of the molecule is O=C1C[C@@H](c2ccc3c(c2)OCO3)c2c(nc(SCc3ccccc3F)[nH]c2=O)N1. The smallest absolute Gasteiger partial charge is 0.257 e. The van der Waals surface area contributed by atoms with Gasteiger partial charge in [-0.3, -0.25) is 9.59 Å². The van der Waals surface area contributed by atoms with Crippen molar-refractivity contribution in [3.05, 3.63) is 75.3 Å². The molecule has 3 aromatic rings. The molecule has 0 fully saturated rings. The Morgan fingerprint density at radius 1 is 1.13 bits per heavy atom. The van der Waals surface area contributed by atoms with Crippen LogP contribution < -0.4 is 20.3 Å². The minimum absolute atomic E-state index is 0.124. The van der Waals surface area contributed by atoms with Crippen molar-refractivity contribution in [1.29, 1.82) is 0 Å². The van der Waals surface area contributed by atoms with E-state index in [1.54, 1.807) is 30.3 Å². The zero-order chi connectivity index (χ0) is 20.7. The van der Waals surface area contributed by atoms with E-state index < -0.39 is 5.92 Å². The lowest BCUT2D eigenvalue weighted by molar-refractivity contribution is -0.116. The van der Waals surface area contributed by atoms with Crippen LogP contribution in [-0.2, 0) is 10.5 Å². The number of anilines is 1. The second-order valence-electron chi connectivity index (χ2n) is 6.93. The molecule has 0 aliphatic carbocycles. The van der Waals surface area contributed by atoms with E-state index in [-0.39, 0.29) is 36.3 Å². The monoisotopic (exact) mass is 425 g/mol. The van der Waals surface area contributed by atoms with Crippen LogP contribution in [0.3, 0.4) is 0 Å². The fourth-order valence-electron chi connectivity index (χ4n) is 3.60. The van der Waals surface area contributed by atoms with Gasteiger partial charge < -0.3 is 19.8 Å². The van der Waals surface area contributed by atoms with Crippen LogP contribution in [0.25, 0.3) is 0 Å². The largest absolute Gasteiger partial charge is 0.454 e. The molecule has 0 radical (unpaired) electrons. The predicted octanol–water partition coefficient (Wildman–Crippen LogP) is 3.40. The van der Waals surface area contributed by atoms with E-state index in [0.29, 0.717) is 33.5 Å². The van der Waals surface area contributed by atoms with E-state index in [1.165, 1.54) is 17.8 Å². The third-order valence-electron chi connectivity index (χ3n) is 5.05. The molecule has 5 rings (SSSR count). The average Bonchev–Trinajstić information content (AvgIpc) is 3.20. The molecule has 2 aliphatic rings. The topological polar surface area (TPSA) is 93.3 Å². The number of nitrogens with one attached hydrogen (secondary N) is 2. The normalized spacial score (nSPS) is 16.8. The summed E-state index contributed by atoms with van der Waals surface area (Å²) in [6, 6.07) is 11.8. The van der Waals surface area contributed by atoms with Gasteiger partial charge in [-0.25, -0.2) is 9.37 Å². The molecule has 0 unspecified atom stereocenters. The third kappa shape index (κ3) is 3.41. The predicted molar refractivity (Wildman–Crippen MR) is 108 cm³/mol. The Morgan fingerprint density at radius 2 is 1.97 bits per heavy atom. The number of hydrogen-bond donors (Lipinski definition) is 2. The summed E-state index contributed by atoms with van der Waals surface area (Å²) in [6.45, 7) is 0.144. The second-order valence-corrected chi connectivity index (χ2v) is 7.90. The number of benzene rings is 2. The van der Waals surface area contributed by atoms with Crippen LogP contribution in [0.1, 0.15) is 29.0 Å². The molecule has 2 aromatic carbocycles. The molecule has 3 heterocycles. The van der Waals surface area contributed by atoms with Gasteiger partial charge in [-0.1, -0.05) is 36.0 Å². The highest BCUT2D eigenvalue weighted by atomic mass is 32.2. The number of nitrogens with zero attached hydrogens (tertiary/aromatic N) is 1. The Hall–Kier alpha value is -3.33. The van der Waals surface area contributed by atoms with E-state index >= 15 is 0 Å². The quantitative estimate of drug-likeness (QED) is 0.492. The van der Waals surface area contributed by atoms with Crippen molar-refractivity contribution < 1.29 is 18.7 Å². The number of carbonyl (C=O) groups excluding carboxylic acids is 1. The van der Waals surface area contributed by atoms with Crippen LogP contribution in [0.15, 0.2) is 52.4 Å². The van der Waals surface area contributed by atoms with Crippen LogP contribution >= 0.6 is 11.8 Å². The number of fused-ring (bicyclic) bond motifs is 2. The Labute approximate surface area is 174 Å². The van der Waals surface area contributed by atoms with Crippen molar-refractivity contribution in [2.45, 2.75) is 23.2 Å². The minimum Gasteiger partial charge on any atom is -0.454 e. The maximum Gasteiger partial charge on any atom is 0.257 e. The number of halogens is 1. The molecule has 152 valence electrons. The van der Waals surface area contributed by atoms with E-state index in [1.807, 2.05) is 6.07 Å².